The first-order valence-electron chi connectivity index (χ1n) is 9.76. The molecule has 1 heterocycles. The Labute approximate surface area is 197 Å². The molecule has 1 aliphatic rings. The van der Waals surface area contributed by atoms with E-state index in [1.165, 1.54) is 11.0 Å². The number of hydrogen-bond donors (Lipinski definition) is 0. The molecule has 0 bridgehead atoms. The van der Waals surface area contributed by atoms with Crippen molar-refractivity contribution in [2.24, 2.45) is 0 Å². The molecule has 0 aliphatic carbocycles. The Morgan fingerprint density at radius 3 is 1.91 bits per heavy atom. The van der Waals surface area contributed by atoms with Crippen LogP contribution in [0.1, 0.15) is 16.5 Å². The van der Waals surface area contributed by atoms with Gasteiger partial charge >= 0.3 is 0 Å². The second-order valence-electron chi connectivity index (χ2n) is 7.60. The highest BCUT2D eigenvalue weighted by atomic mass is 35.5. The molecule has 5 nitrogen and oxygen atoms in total. The summed E-state index contributed by atoms with van der Waals surface area (Å²) in [5, 5.41) is -0.242. The summed E-state index contributed by atoms with van der Waals surface area (Å²) in [5.74, 6) is -0.594. The summed E-state index contributed by atoms with van der Waals surface area (Å²) >= 11 is 12.0. The van der Waals surface area contributed by atoms with E-state index in [0.717, 1.165) is 5.69 Å². The lowest BCUT2D eigenvalue weighted by Crippen LogP contribution is -2.28. The van der Waals surface area contributed by atoms with Gasteiger partial charge in [-0.25, -0.2) is 8.42 Å². The number of rotatable bonds is 4. The number of nitrogens with zero attached hydrogens (tertiary/aromatic N) is 2. The molecular weight excluding hydrogens is 467 g/mol. The third kappa shape index (κ3) is 4.13. The Morgan fingerprint density at radius 2 is 1.38 bits per heavy atom. The minimum atomic E-state index is -4.02. The number of benzene rings is 3. The summed E-state index contributed by atoms with van der Waals surface area (Å²) in [7, 11) is -0.192. The van der Waals surface area contributed by atoms with E-state index in [1.54, 1.807) is 60.7 Å². The largest absolute Gasteiger partial charge is 0.378 e. The predicted octanol–water partition coefficient (Wildman–Crippen LogP) is 5.56. The van der Waals surface area contributed by atoms with E-state index in [-0.39, 0.29) is 4.91 Å². The number of hydrogen-bond acceptors (Lipinski definition) is 4. The maximum atomic E-state index is 13.6. The van der Waals surface area contributed by atoms with E-state index in [4.69, 9.17) is 23.2 Å². The molecule has 0 N–H and O–H groups in total. The topological polar surface area (TPSA) is 57.7 Å². The zero-order valence-electron chi connectivity index (χ0n) is 17.4. The summed E-state index contributed by atoms with van der Waals surface area (Å²) in [6, 6.07) is 20.3. The number of amides is 1. The average molecular weight is 487 g/mol. The molecule has 1 fully saturated rings. The molecule has 1 amide bonds. The van der Waals surface area contributed by atoms with E-state index in [1.807, 2.05) is 31.1 Å². The number of anilines is 2. The van der Waals surface area contributed by atoms with Crippen molar-refractivity contribution in [2.45, 2.75) is 5.37 Å². The Bertz CT molecular complexity index is 1280. The average Bonchev–Trinajstić information content (AvgIpc) is 2.96. The normalized spacial score (nSPS) is 18.9. The summed E-state index contributed by atoms with van der Waals surface area (Å²) in [6.07, 6.45) is 1.43. The van der Waals surface area contributed by atoms with E-state index in [0.29, 0.717) is 26.9 Å². The van der Waals surface area contributed by atoms with Crippen molar-refractivity contribution in [3.05, 3.63) is 98.9 Å². The van der Waals surface area contributed by atoms with Crippen molar-refractivity contribution in [1.82, 2.24) is 0 Å². The van der Waals surface area contributed by atoms with Crippen molar-refractivity contribution in [3.8, 4) is 0 Å². The van der Waals surface area contributed by atoms with Crippen LogP contribution in [-0.4, -0.2) is 28.4 Å². The Morgan fingerprint density at radius 1 is 0.844 bits per heavy atom. The number of halogens is 2. The van der Waals surface area contributed by atoms with Crippen molar-refractivity contribution in [2.75, 3.05) is 23.9 Å². The van der Waals surface area contributed by atoms with Gasteiger partial charge in [0.05, 0.1) is 0 Å². The van der Waals surface area contributed by atoms with Crippen LogP contribution >= 0.6 is 23.2 Å². The minimum absolute atomic E-state index is 0.259. The van der Waals surface area contributed by atoms with Crippen LogP contribution in [0.5, 0.6) is 0 Å². The standard InChI is InChI=1S/C24H20Cl2N2O3S/c1-27(2)20-11-3-16(4-12-20)15-22-23(29)28(21-13-9-19(26)10-14-21)24(32(22,30)31)17-5-7-18(25)8-6-17/h3-15,24H,1-2H3/b22-15-/t24-/m1/s1. The van der Waals surface area contributed by atoms with Gasteiger partial charge in [-0.05, 0) is 65.7 Å². The van der Waals surface area contributed by atoms with Crippen LogP contribution in [0.2, 0.25) is 10.0 Å². The van der Waals surface area contributed by atoms with Gasteiger partial charge in [-0.15, -0.1) is 0 Å². The zero-order valence-corrected chi connectivity index (χ0v) is 19.7. The Balaban J connectivity index is 1.86. The van der Waals surface area contributed by atoms with Crippen LogP contribution in [-0.2, 0) is 14.6 Å². The SMILES string of the molecule is CN(C)c1ccc(/C=C2/C(=O)N(c3ccc(Cl)cc3)[C@@H](c3ccc(Cl)cc3)S2(=O)=O)cc1. The first-order valence-corrected chi connectivity index (χ1v) is 12.1. The zero-order chi connectivity index (χ0) is 23.0. The van der Waals surface area contributed by atoms with Crippen LogP contribution < -0.4 is 9.80 Å². The van der Waals surface area contributed by atoms with Gasteiger partial charge in [0, 0.05) is 35.5 Å². The van der Waals surface area contributed by atoms with E-state index in [9.17, 15) is 13.2 Å². The smallest absolute Gasteiger partial charge is 0.271 e. The quantitative estimate of drug-likeness (QED) is 0.452. The molecule has 1 aliphatic heterocycles. The molecule has 0 aromatic heterocycles. The van der Waals surface area contributed by atoms with Gasteiger partial charge in [0.25, 0.3) is 5.91 Å². The van der Waals surface area contributed by atoms with Crippen LogP contribution in [0.25, 0.3) is 6.08 Å². The first kappa shape index (κ1) is 22.4. The second kappa shape index (κ2) is 8.62. The highest BCUT2D eigenvalue weighted by Crippen LogP contribution is 2.43. The maximum absolute atomic E-state index is 13.6. The molecule has 8 heteroatoms. The fourth-order valence-corrected chi connectivity index (χ4v) is 5.72. The van der Waals surface area contributed by atoms with E-state index >= 15 is 0 Å². The summed E-state index contributed by atoms with van der Waals surface area (Å²) in [6.45, 7) is 0. The van der Waals surface area contributed by atoms with Gasteiger partial charge in [-0.3, -0.25) is 9.69 Å². The van der Waals surface area contributed by atoms with Gasteiger partial charge in [-0.2, -0.15) is 0 Å². The number of sulfone groups is 1. The van der Waals surface area contributed by atoms with Crippen molar-refractivity contribution in [1.29, 1.82) is 0 Å². The van der Waals surface area contributed by atoms with E-state index in [2.05, 4.69) is 0 Å². The summed E-state index contributed by atoms with van der Waals surface area (Å²) in [5.41, 5.74) is 2.48. The van der Waals surface area contributed by atoms with Gasteiger partial charge in [0.1, 0.15) is 4.91 Å². The van der Waals surface area contributed by atoms with Crippen molar-refractivity contribution < 1.29 is 13.2 Å². The van der Waals surface area contributed by atoms with Gasteiger partial charge in [0.2, 0.25) is 9.84 Å². The van der Waals surface area contributed by atoms with Gasteiger partial charge in [-0.1, -0.05) is 47.5 Å². The fraction of sp³-hybridized carbons (Fsp3) is 0.125. The Kier molecular flexibility index (Phi) is 6.03. The highest BCUT2D eigenvalue weighted by molar-refractivity contribution is 7.97. The second-order valence-corrected chi connectivity index (χ2v) is 10.4. The molecule has 0 unspecified atom stereocenters. The van der Waals surface area contributed by atoms with E-state index < -0.39 is 21.1 Å². The summed E-state index contributed by atoms with van der Waals surface area (Å²) in [4.78, 5) is 16.4. The lowest BCUT2D eigenvalue weighted by Gasteiger charge is -2.23. The first-order chi connectivity index (χ1) is 15.2. The Hall–Kier alpha value is -2.80. The maximum Gasteiger partial charge on any atom is 0.271 e. The molecule has 0 saturated carbocycles. The molecular formula is C24H20Cl2N2O3S. The molecule has 1 saturated heterocycles. The predicted molar refractivity (Wildman–Crippen MR) is 131 cm³/mol. The minimum Gasteiger partial charge on any atom is -0.378 e. The number of carbonyl (C=O) groups excluding carboxylic acids is 1. The molecule has 0 spiro atoms. The molecule has 32 heavy (non-hydrogen) atoms. The third-order valence-corrected chi connectivity index (χ3v) is 7.71. The van der Waals surface area contributed by atoms with Crippen molar-refractivity contribution >= 4 is 56.4 Å². The monoisotopic (exact) mass is 486 g/mol. The van der Waals surface area contributed by atoms with Crippen LogP contribution in [0.15, 0.2) is 77.7 Å². The molecule has 1 atom stereocenters. The van der Waals surface area contributed by atoms with Crippen LogP contribution in [0.4, 0.5) is 11.4 Å². The lowest BCUT2D eigenvalue weighted by atomic mass is 10.1. The third-order valence-electron chi connectivity index (χ3n) is 5.23. The number of carbonyl (C=O) groups is 1. The summed E-state index contributed by atoms with van der Waals surface area (Å²) < 4.78 is 27.2. The van der Waals surface area contributed by atoms with Crippen LogP contribution in [0, 0.1) is 0 Å². The van der Waals surface area contributed by atoms with Crippen molar-refractivity contribution in [3.63, 3.8) is 0 Å². The molecule has 0 radical (unpaired) electrons. The molecule has 164 valence electrons. The van der Waals surface area contributed by atoms with Gasteiger partial charge < -0.3 is 4.90 Å². The molecule has 4 rings (SSSR count). The van der Waals surface area contributed by atoms with Gasteiger partial charge in [0.15, 0.2) is 5.37 Å². The van der Waals surface area contributed by atoms with Crippen LogP contribution in [0.3, 0.4) is 0 Å². The fourth-order valence-electron chi connectivity index (χ4n) is 3.58. The highest BCUT2D eigenvalue weighted by Gasteiger charge is 2.50. The molecule has 3 aromatic carbocycles. The molecule has 3 aromatic rings. The lowest BCUT2D eigenvalue weighted by molar-refractivity contribution is -0.114.